The Morgan fingerprint density at radius 2 is 1.44 bits per heavy atom. The molecule has 0 saturated heterocycles. The van der Waals surface area contributed by atoms with Crippen LogP contribution >= 0.6 is 0 Å². The van der Waals surface area contributed by atoms with E-state index in [1.54, 1.807) is 0 Å². The second kappa shape index (κ2) is 14.6. The van der Waals surface area contributed by atoms with Gasteiger partial charge in [0, 0.05) is 6.61 Å². The lowest BCUT2D eigenvalue weighted by molar-refractivity contribution is -0.111. The molecule has 2 nitrogen and oxygen atoms in total. The van der Waals surface area contributed by atoms with Crippen molar-refractivity contribution in [2.75, 3.05) is 13.2 Å². The molecule has 0 spiro atoms. The molecule has 0 N–H and O–H groups in total. The van der Waals surface area contributed by atoms with Crippen LogP contribution in [0.15, 0.2) is 0 Å². The van der Waals surface area contributed by atoms with Crippen LogP contribution in [-0.4, -0.2) is 19.5 Å². The Kier molecular flexibility index (Phi) is 11.1. The Balaban J connectivity index is 3.10. The van der Waals surface area contributed by atoms with E-state index in [9.17, 15) is 4.79 Å². The van der Waals surface area contributed by atoms with Crippen LogP contribution in [0.5, 0.6) is 0 Å². The SMILES string of the molecule is [2H]C([2H])(C=O)OCCCCCCCCCCCC. The fourth-order valence-electron chi connectivity index (χ4n) is 1.75. The summed E-state index contributed by atoms with van der Waals surface area (Å²) in [4.78, 5) is 10.2. The molecular weight excluding hydrogens is 200 g/mol. The van der Waals surface area contributed by atoms with Crippen LogP contribution in [0.3, 0.4) is 0 Å². The van der Waals surface area contributed by atoms with Gasteiger partial charge < -0.3 is 9.53 Å². The molecule has 0 aromatic carbocycles. The van der Waals surface area contributed by atoms with Gasteiger partial charge >= 0.3 is 0 Å². The van der Waals surface area contributed by atoms with Gasteiger partial charge in [0.15, 0.2) is 0 Å². The molecule has 0 atom stereocenters. The van der Waals surface area contributed by atoms with E-state index in [1.165, 1.54) is 51.4 Å². The summed E-state index contributed by atoms with van der Waals surface area (Å²) in [6.07, 6.45) is 12.6. The van der Waals surface area contributed by atoms with Crippen LogP contribution in [-0.2, 0) is 9.53 Å². The van der Waals surface area contributed by atoms with Gasteiger partial charge in [0.05, 0.1) is 2.74 Å². The average Bonchev–Trinajstić information content (AvgIpc) is 2.36. The molecule has 0 saturated carbocycles. The minimum absolute atomic E-state index is 0.212. The van der Waals surface area contributed by atoms with Crippen LogP contribution in [0.1, 0.15) is 73.9 Å². The van der Waals surface area contributed by atoms with Crippen LogP contribution in [0.25, 0.3) is 0 Å². The lowest BCUT2D eigenvalue weighted by Crippen LogP contribution is -1.97. The standard InChI is InChI=1S/C14H28O2/c1-2-3-4-5-6-7-8-9-10-11-13-16-14-12-15/h12H,2-11,13-14H2,1H3/i14D2. The molecule has 0 bridgehead atoms. The van der Waals surface area contributed by atoms with E-state index in [-0.39, 0.29) is 6.29 Å². The Morgan fingerprint density at radius 1 is 0.938 bits per heavy atom. The first kappa shape index (κ1) is 12.1. The largest absolute Gasteiger partial charge is 0.374 e. The average molecular weight is 230 g/mol. The number of rotatable bonds is 13. The lowest BCUT2D eigenvalue weighted by Gasteiger charge is -2.02. The van der Waals surface area contributed by atoms with E-state index < -0.39 is 6.56 Å². The van der Waals surface area contributed by atoms with E-state index in [0.717, 1.165) is 12.8 Å². The second-order valence-electron chi connectivity index (χ2n) is 4.27. The first-order valence-electron chi connectivity index (χ1n) is 7.72. The smallest absolute Gasteiger partial charge is 0.145 e. The third kappa shape index (κ3) is 13.6. The van der Waals surface area contributed by atoms with Crippen molar-refractivity contribution in [1.82, 2.24) is 0 Å². The third-order valence-corrected chi connectivity index (χ3v) is 2.73. The summed E-state index contributed by atoms with van der Waals surface area (Å²) in [6.45, 7) is 0.469. The normalized spacial score (nSPS) is 13.3. The number of carbonyl (C=O) groups excluding carboxylic acids is 1. The number of hydrogen-bond acceptors (Lipinski definition) is 2. The predicted molar refractivity (Wildman–Crippen MR) is 68.7 cm³/mol. The summed E-state index contributed by atoms with van der Waals surface area (Å²) in [5.41, 5.74) is 0. The van der Waals surface area contributed by atoms with E-state index in [0.29, 0.717) is 6.61 Å². The van der Waals surface area contributed by atoms with E-state index in [2.05, 4.69) is 6.92 Å². The van der Waals surface area contributed by atoms with E-state index in [1.807, 2.05) is 0 Å². The van der Waals surface area contributed by atoms with Gasteiger partial charge in [-0.05, 0) is 6.42 Å². The molecule has 0 unspecified atom stereocenters. The maximum Gasteiger partial charge on any atom is 0.145 e. The third-order valence-electron chi connectivity index (χ3n) is 2.73. The Hall–Kier alpha value is -0.370. The van der Waals surface area contributed by atoms with Gasteiger partial charge in [0.1, 0.15) is 12.8 Å². The fourth-order valence-corrected chi connectivity index (χ4v) is 1.75. The van der Waals surface area contributed by atoms with Gasteiger partial charge in [-0.1, -0.05) is 64.7 Å². The summed E-state index contributed by atoms with van der Waals surface area (Å²) in [5, 5.41) is 0. The van der Waals surface area contributed by atoms with Crippen molar-refractivity contribution in [2.24, 2.45) is 0 Å². The zero-order valence-electron chi connectivity index (χ0n) is 12.7. The van der Waals surface area contributed by atoms with Crippen molar-refractivity contribution in [3.8, 4) is 0 Å². The van der Waals surface area contributed by atoms with Gasteiger partial charge in [-0.3, -0.25) is 0 Å². The molecule has 2 heteroatoms. The van der Waals surface area contributed by atoms with Crippen molar-refractivity contribution in [2.45, 2.75) is 71.1 Å². The van der Waals surface area contributed by atoms with Crippen molar-refractivity contribution in [3.63, 3.8) is 0 Å². The molecule has 0 radical (unpaired) electrons. The predicted octanol–water partition coefficient (Wildman–Crippen LogP) is 4.12. The molecule has 0 fully saturated rings. The summed E-state index contributed by atoms with van der Waals surface area (Å²) in [5.74, 6) is 0. The summed E-state index contributed by atoms with van der Waals surface area (Å²) >= 11 is 0. The van der Waals surface area contributed by atoms with Crippen LogP contribution in [0.2, 0.25) is 0 Å². The van der Waals surface area contributed by atoms with Crippen LogP contribution in [0.4, 0.5) is 0 Å². The first-order valence-corrected chi connectivity index (χ1v) is 6.72. The number of hydrogen-bond donors (Lipinski definition) is 0. The summed E-state index contributed by atoms with van der Waals surface area (Å²) in [7, 11) is 0. The van der Waals surface area contributed by atoms with Gasteiger partial charge in [-0.15, -0.1) is 0 Å². The molecule has 0 aliphatic carbocycles. The minimum Gasteiger partial charge on any atom is -0.374 e. The molecule has 0 rings (SSSR count). The number of aldehydes is 1. The highest BCUT2D eigenvalue weighted by Gasteiger charge is 1.92. The minimum atomic E-state index is -2.10. The molecule has 16 heavy (non-hydrogen) atoms. The molecule has 96 valence electrons. The van der Waals surface area contributed by atoms with E-state index >= 15 is 0 Å². The van der Waals surface area contributed by atoms with Crippen molar-refractivity contribution < 1.29 is 12.3 Å². The summed E-state index contributed by atoms with van der Waals surface area (Å²) in [6, 6.07) is 0. The molecule has 0 aromatic rings. The van der Waals surface area contributed by atoms with Gasteiger partial charge in [0.25, 0.3) is 0 Å². The Morgan fingerprint density at radius 3 is 1.94 bits per heavy atom. The number of ether oxygens (including phenoxy) is 1. The van der Waals surface area contributed by atoms with Crippen LogP contribution < -0.4 is 0 Å². The fraction of sp³-hybridized carbons (Fsp3) is 0.929. The van der Waals surface area contributed by atoms with Crippen molar-refractivity contribution in [3.05, 3.63) is 0 Å². The van der Waals surface area contributed by atoms with Gasteiger partial charge in [0.2, 0.25) is 0 Å². The molecule has 0 aliphatic rings. The number of carbonyl (C=O) groups is 1. The zero-order valence-corrected chi connectivity index (χ0v) is 10.7. The number of unbranched alkanes of at least 4 members (excludes halogenated alkanes) is 9. The molecule has 0 aliphatic heterocycles. The quantitative estimate of drug-likeness (QED) is 0.351. The maximum absolute atomic E-state index is 10.2. The van der Waals surface area contributed by atoms with Crippen molar-refractivity contribution in [1.29, 1.82) is 0 Å². The highest BCUT2D eigenvalue weighted by atomic mass is 16.5. The van der Waals surface area contributed by atoms with Gasteiger partial charge in [-0.25, -0.2) is 0 Å². The van der Waals surface area contributed by atoms with Crippen LogP contribution in [0, 0.1) is 0 Å². The summed E-state index contributed by atoms with van der Waals surface area (Å²) < 4.78 is 19.0. The van der Waals surface area contributed by atoms with Gasteiger partial charge in [-0.2, -0.15) is 0 Å². The molecule has 0 aromatic heterocycles. The molecule has 0 heterocycles. The maximum atomic E-state index is 10.2. The van der Waals surface area contributed by atoms with E-state index in [4.69, 9.17) is 7.48 Å². The Bertz CT molecular complexity index is 196. The topological polar surface area (TPSA) is 26.3 Å². The lowest BCUT2D eigenvalue weighted by atomic mass is 10.1. The zero-order chi connectivity index (χ0) is 13.7. The molecular formula is C14H28O2. The first-order chi connectivity index (χ1) is 8.62. The highest BCUT2D eigenvalue weighted by molar-refractivity contribution is 5.50. The highest BCUT2D eigenvalue weighted by Crippen LogP contribution is 2.10. The Labute approximate surface area is 104 Å². The molecule has 0 amide bonds. The monoisotopic (exact) mass is 230 g/mol. The second-order valence-corrected chi connectivity index (χ2v) is 4.27. The van der Waals surface area contributed by atoms with Crippen molar-refractivity contribution >= 4 is 6.29 Å².